The van der Waals surface area contributed by atoms with Gasteiger partial charge in [-0.25, -0.2) is 9.59 Å². The smallest absolute Gasteiger partial charge is 0.408 e. The number of nitro benzene ring substituents is 1. The number of hydrogen-bond acceptors (Lipinski definition) is 7. The fraction of sp³-hybridized carbons (Fsp3) is 0.500. The first-order chi connectivity index (χ1) is 17.4. The maximum Gasteiger partial charge on any atom is 0.408 e. The van der Waals surface area contributed by atoms with Gasteiger partial charge in [-0.05, 0) is 80.7 Å². The van der Waals surface area contributed by atoms with Gasteiger partial charge in [-0.2, -0.15) is 0 Å². The van der Waals surface area contributed by atoms with Crippen LogP contribution >= 0.6 is 0 Å². The zero-order chi connectivity index (χ0) is 28.5. The number of carbonyl (C=O) groups is 2. The summed E-state index contributed by atoms with van der Waals surface area (Å²) in [6.45, 7) is 16.0. The van der Waals surface area contributed by atoms with Gasteiger partial charge in [0.25, 0.3) is 5.69 Å². The number of esters is 1. The van der Waals surface area contributed by atoms with Crippen LogP contribution in [0.25, 0.3) is 0 Å². The van der Waals surface area contributed by atoms with E-state index in [2.05, 4.69) is 39.2 Å². The standard InChI is InChI=1S/C28H38N2O7Si/c1-26(2,3)36-25(32)29-28(24(31)35-18-19-12-14-21(15-13-19)30(33)34)17-23(28)20-10-9-11-22(16-20)37-38(7,8)27(4,5)6/h9-16,23H,17-18H2,1-8H3,(H,29,32)/t23-,28-/m1/s1. The van der Waals surface area contributed by atoms with Crippen LogP contribution in [0.1, 0.15) is 65.0 Å². The van der Waals surface area contributed by atoms with Crippen molar-refractivity contribution in [1.29, 1.82) is 0 Å². The minimum absolute atomic E-state index is 0.0201. The molecule has 38 heavy (non-hydrogen) atoms. The van der Waals surface area contributed by atoms with E-state index in [9.17, 15) is 19.7 Å². The zero-order valence-electron chi connectivity index (χ0n) is 23.4. The average Bonchev–Trinajstić information content (AvgIpc) is 3.50. The molecular weight excluding hydrogens is 504 g/mol. The summed E-state index contributed by atoms with van der Waals surface area (Å²) >= 11 is 0. The summed E-state index contributed by atoms with van der Waals surface area (Å²) in [4.78, 5) is 36.5. The summed E-state index contributed by atoms with van der Waals surface area (Å²) in [6, 6.07) is 13.4. The van der Waals surface area contributed by atoms with Crippen LogP contribution in [0.2, 0.25) is 18.1 Å². The SMILES string of the molecule is CC(C)(C)OC(=O)N[C@]1(C(=O)OCc2ccc([N+](=O)[O-])cc2)C[C@@H]1c1cccc(O[Si](C)(C)C(C)(C)C)c1. The summed E-state index contributed by atoms with van der Waals surface area (Å²) < 4.78 is 17.5. The fourth-order valence-corrected chi connectivity index (χ4v) is 4.82. The molecule has 3 rings (SSSR count). The van der Waals surface area contributed by atoms with Crippen molar-refractivity contribution in [3.8, 4) is 5.75 Å². The molecule has 1 fully saturated rings. The van der Waals surface area contributed by atoms with E-state index in [0.717, 1.165) is 11.3 Å². The molecule has 1 saturated carbocycles. The number of ether oxygens (including phenoxy) is 2. The highest BCUT2D eigenvalue weighted by atomic mass is 28.4. The first-order valence-electron chi connectivity index (χ1n) is 12.6. The number of rotatable bonds is 8. The monoisotopic (exact) mass is 542 g/mol. The van der Waals surface area contributed by atoms with Gasteiger partial charge in [0, 0.05) is 18.1 Å². The molecule has 2 atom stereocenters. The predicted octanol–water partition coefficient (Wildman–Crippen LogP) is 6.47. The van der Waals surface area contributed by atoms with Crippen LogP contribution in [-0.2, 0) is 20.9 Å². The number of carbonyl (C=O) groups excluding carboxylic acids is 2. The first kappa shape index (κ1) is 29.2. The molecule has 0 heterocycles. The van der Waals surface area contributed by atoms with Crippen LogP contribution in [0.5, 0.6) is 5.75 Å². The van der Waals surface area contributed by atoms with Gasteiger partial charge in [0.15, 0.2) is 0 Å². The molecule has 2 aromatic rings. The molecule has 0 unspecified atom stereocenters. The molecule has 2 aromatic carbocycles. The Morgan fingerprint density at radius 3 is 2.26 bits per heavy atom. The summed E-state index contributed by atoms with van der Waals surface area (Å²) in [5.74, 6) is -0.198. The normalized spacial score (nSPS) is 19.3. The summed E-state index contributed by atoms with van der Waals surface area (Å²) in [7, 11) is -2.08. The Hall–Kier alpha value is -3.40. The lowest BCUT2D eigenvalue weighted by molar-refractivity contribution is -0.384. The molecule has 1 aliphatic rings. The number of benzene rings is 2. The Labute approximate surface area is 225 Å². The largest absolute Gasteiger partial charge is 0.543 e. The number of hydrogen-bond donors (Lipinski definition) is 1. The van der Waals surface area contributed by atoms with Gasteiger partial charge in [0.1, 0.15) is 23.5 Å². The first-order valence-corrected chi connectivity index (χ1v) is 15.5. The minimum atomic E-state index is -2.08. The molecule has 0 aromatic heterocycles. The lowest BCUT2D eigenvalue weighted by Crippen LogP contribution is -2.47. The molecule has 10 heteroatoms. The van der Waals surface area contributed by atoms with Gasteiger partial charge in [0.2, 0.25) is 8.32 Å². The van der Waals surface area contributed by atoms with Crippen LogP contribution in [0.15, 0.2) is 48.5 Å². The Bertz CT molecular complexity index is 1200. The number of nitrogens with one attached hydrogen (secondary N) is 1. The lowest BCUT2D eigenvalue weighted by atomic mass is 10.1. The van der Waals surface area contributed by atoms with E-state index in [1.807, 2.05) is 24.3 Å². The zero-order valence-corrected chi connectivity index (χ0v) is 24.4. The minimum Gasteiger partial charge on any atom is -0.543 e. The molecular formula is C28H38N2O7Si. The van der Waals surface area contributed by atoms with E-state index in [0.29, 0.717) is 12.0 Å². The van der Waals surface area contributed by atoms with E-state index in [1.54, 1.807) is 20.8 Å². The van der Waals surface area contributed by atoms with E-state index in [1.165, 1.54) is 24.3 Å². The van der Waals surface area contributed by atoms with Crippen LogP contribution in [0.3, 0.4) is 0 Å². The van der Waals surface area contributed by atoms with E-state index in [-0.39, 0.29) is 23.3 Å². The third-order valence-corrected chi connectivity index (χ3v) is 11.4. The molecule has 9 nitrogen and oxygen atoms in total. The maximum absolute atomic E-state index is 13.4. The molecule has 0 saturated heterocycles. The molecule has 206 valence electrons. The molecule has 1 N–H and O–H groups in total. The highest BCUT2D eigenvalue weighted by molar-refractivity contribution is 6.74. The number of nitro groups is 1. The lowest BCUT2D eigenvalue weighted by Gasteiger charge is -2.36. The fourth-order valence-electron chi connectivity index (χ4n) is 3.80. The summed E-state index contributed by atoms with van der Waals surface area (Å²) in [5.41, 5.74) is -0.637. The molecule has 1 amide bonds. The van der Waals surface area contributed by atoms with Gasteiger partial charge < -0.3 is 19.2 Å². The summed E-state index contributed by atoms with van der Waals surface area (Å²) in [6.07, 6.45) is -0.365. The third kappa shape index (κ3) is 6.92. The van der Waals surface area contributed by atoms with Crippen molar-refractivity contribution >= 4 is 26.1 Å². The average molecular weight is 543 g/mol. The number of nitrogens with zero attached hydrogens (tertiary/aromatic N) is 1. The predicted molar refractivity (Wildman–Crippen MR) is 147 cm³/mol. The van der Waals surface area contributed by atoms with Gasteiger partial charge >= 0.3 is 12.1 Å². The van der Waals surface area contributed by atoms with Crippen molar-refractivity contribution in [2.75, 3.05) is 0 Å². The summed E-state index contributed by atoms with van der Waals surface area (Å²) in [5, 5.41) is 13.7. The number of non-ortho nitro benzene ring substituents is 1. The molecule has 0 aliphatic heterocycles. The van der Waals surface area contributed by atoms with Crippen LogP contribution in [-0.4, -0.2) is 36.4 Å². The highest BCUT2D eigenvalue weighted by Gasteiger charge is 2.63. The van der Waals surface area contributed by atoms with Crippen LogP contribution in [0, 0.1) is 10.1 Å². The van der Waals surface area contributed by atoms with Crippen molar-refractivity contribution in [3.05, 3.63) is 69.8 Å². The van der Waals surface area contributed by atoms with Gasteiger partial charge in [0.05, 0.1) is 4.92 Å². The third-order valence-electron chi connectivity index (χ3n) is 7.01. The van der Waals surface area contributed by atoms with Gasteiger partial charge in [-0.1, -0.05) is 32.9 Å². The van der Waals surface area contributed by atoms with Crippen molar-refractivity contribution in [3.63, 3.8) is 0 Å². The molecule has 0 spiro atoms. The van der Waals surface area contributed by atoms with Gasteiger partial charge in [-0.3, -0.25) is 10.1 Å². The van der Waals surface area contributed by atoms with Gasteiger partial charge in [-0.15, -0.1) is 0 Å². The Morgan fingerprint density at radius 1 is 1.08 bits per heavy atom. The molecule has 1 aliphatic carbocycles. The Morgan fingerprint density at radius 2 is 1.71 bits per heavy atom. The Kier molecular flexibility index (Phi) is 7.98. The molecule has 0 bridgehead atoms. The topological polar surface area (TPSA) is 117 Å². The van der Waals surface area contributed by atoms with Crippen molar-refractivity contribution in [1.82, 2.24) is 5.32 Å². The number of amides is 1. The second-order valence-corrected chi connectivity index (χ2v) is 17.0. The molecule has 0 radical (unpaired) electrons. The van der Waals surface area contributed by atoms with Crippen LogP contribution in [0.4, 0.5) is 10.5 Å². The van der Waals surface area contributed by atoms with Crippen molar-refractivity contribution in [2.45, 2.75) is 89.8 Å². The second-order valence-electron chi connectivity index (χ2n) is 12.3. The van der Waals surface area contributed by atoms with Crippen molar-refractivity contribution in [2.24, 2.45) is 0 Å². The van der Waals surface area contributed by atoms with E-state index >= 15 is 0 Å². The Balaban J connectivity index is 1.82. The highest BCUT2D eigenvalue weighted by Crippen LogP contribution is 2.53. The van der Waals surface area contributed by atoms with E-state index < -0.39 is 36.4 Å². The quantitative estimate of drug-likeness (QED) is 0.176. The maximum atomic E-state index is 13.4. The van der Waals surface area contributed by atoms with Crippen LogP contribution < -0.4 is 9.74 Å². The van der Waals surface area contributed by atoms with E-state index in [4.69, 9.17) is 13.9 Å². The van der Waals surface area contributed by atoms with Crippen molar-refractivity contribution < 1.29 is 28.4 Å². The number of alkyl carbamates (subject to hydrolysis) is 1. The second kappa shape index (κ2) is 10.4.